The van der Waals surface area contributed by atoms with Crippen molar-refractivity contribution in [2.75, 3.05) is 0 Å². The van der Waals surface area contributed by atoms with Gasteiger partial charge in [-0.25, -0.2) is 0 Å². The third kappa shape index (κ3) is 1.64. The van der Waals surface area contributed by atoms with Gasteiger partial charge in [-0.1, -0.05) is 18.2 Å². The van der Waals surface area contributed by atoms with Crippen molar-refractivity contribution >= 4 is 17.2 Å². The van der Waals surface area contributed by atoms with E-state index in [9.17, 15) is 4.79 Å². The number of aldehydes is 1. The second-order valence-electron chi connectivity index (χ2n) is 3.96. The first kappa shape index (κ1) is 9.85. The fraction of sp³-hybridized carbons (Fsp3) is 0. The van der Waals surface area contributed by atoms with Gasteiger partial charge in [0.1, 0.15) is 6.29 Å². The van der Waals surface area contributed by atoms with Crippen molar-refractivity contribution in [2.24, 2.45) is 0 Å². The smallest absolute Gasteiger partial charge is 0.150 e. The Labute approximate surface area is 99.1 Å². The average molecular weight is 221 g/mol. The van der Waals surface area contributed by atoms with Crippen LogP contribution in [0.2, 0.25) is 0 Å². The Balaban J connectivity index is 2.22. The van der Waals surface area contributed by atoms with Gasteiger partial charge in [0.25, 0.3) is 0 Å². The molecule has 0 aliphatic heterocycles. The molecule has 0 saturated heterocycles. The molecule has 0 spiro atoms. The summed E-state index contributed by atoms with van der Waals surface area (Å²) in [7, 11) is 0. The van der Waals surface area contributed by atoms with Crippen molar-refractivity contribution in [3.8, 4) is 5.69 Å². The monoisotopic (exact) mass is 221 g/mol. The lowest BCUT2D eigenvalue weighted by atomic mass is 10.2. The van der Waals surface area contributed by atoms with E-state index >= 15 is 0 Å². The van der Waals surface area contributed by atoms with E-state index in [0.717, 1.165) is 22.9 Å². The van der Waals surface area contributed by atoms with Crippen LogP contribution in [0.15, 0.2) is 60.8 Å². The van der Waals surface area contributed by atoms with Gasteiger partial charge in [-0.15, -0.1) is 0 Å². The summed E-state index contributed by atoms with van der Waals surface area (Å²) in [5.41, 5.74) is 2.95. The van der Waals surface area contributed by atoms with Crippen LogP contribution in [0.25, 0.3) is 16.6 Å². The summed E-state index contributed by atoms with van der Waals surface area (Å²) in [4.78, 5) is 10.7. The Bertz CT molecular complexity index is 668. The van der Waals surface area contributed by atoms with Gasteiger partial charge in [-0.2, -0.15) is 0 Å². The summed E-state index contributed by atoms with van der Waals surface area (Å²) < 4.78 is 2.11. The number of nitrogens with zero attached hydrogens (tertiary/aromatic N) is 1. The Morgan fingerprint density at radius 3 is 2.53 bits per heavy atom. The summed E-state index contributed by atoms with van der Waals surface area (Å²) >= 11 is 0. The zero-order valence-electron chi connectivity index (χ0n) is 9.21. The Kier molecular flexibility index (Phi) is 2.26. The van der Waals surface area contributed by atoms with Crippen LogP contribution in [-0.4, -0.2) is 10.9 Å². The van der Waals surface area contributed by atoms with Crippen LogP contribution >= 0.6 is 0 Å². The number of aromatic nitrogens is 1. The maximum Gasteiger partial charge on any atom is 0.150 e. The van der Waals surface area contributed by atoms with Gasteiger partial charge in [0.2, 0.25) is 0 Å². The van der Waals surface area contributed by atoms with E-state index in [1.165, 1.54) is 0 Å². The van der Waals surface area contributed by atoms with Crippen molar-refractivity contribution in [3.63, 3.8) is 0 Å². The van der Waals surface area contributed by atoms with Crippen molar-refractivity contribution < 1.29 is 4.79 Å². The standard InChI is InChI=1S/C15H11NO/c17-11-12-6-7-15-13(10-12)8-9-16(15)14-4-2-1-3-5-14/h1-11H. The van der Waals surface area contributed by atoms with Crippen LogP contribution in [-0.2, 0) is 0 Å². The summed E-state index contributed by atoms with van der Waals surface area (Å²) in [6.45, 7) is 0. The van der Waals surface area contributed by atoms with Gasteiger partial charge in [-0.05, 0) is 36.4 Å². The number of hydrogen-bond donors (Lipinski definition) is 0. The molecule has 0 N–H and O–H groups in total. The van der Waals surface area contributed by atoms with Crippen LogP contribution in [0.5, 0.6) is 0 Å². The predicted molar refractivity (Wildman–Crippen MR) is 68.7 cm³/mol. The molecule has 2 aromatic carbocycles. The van der Waals surface area contributed by atoms with Gasteiger partial charge in [0.15, 0.2) is 0 Å². The van der Waals surface area contributed by atoms with Crippen LogP contribution in [0, 0.1) is 0 Å². The van der Waals surface area contributed by atoms with Crippen molar-refractivity contribution in [2.45, 2.75) is 0 Å². The zero-order valence-corrected chi connectivity index (χ0v) is 9.21. The van der Waals surface area contributed by atoms with Crippen LogP contribution < -0.4 is 0 Å². The molecule has 0 amide bonds. The second kappa shape index (κ2) is 3.91. The number of carbonyl (C=O) groups excluding carboxylic acids is 1. The van der Waals surface area contributed by atoms with Gasteiger partial charge >= 0.3 is 0 Å². The lowest BCUT2D eigenvalue weighted by Gasteiger charge is -2.04. The molecule has 1 aromatic heterocycles. The molecule has 0 saturated carbocycles. The third-order valence-corrected chi connectivity index (χ3v) is 2.88. The maximum absolute atomic E-state index is 10.7. The Morgan fingerprint density at radius 1 is 0.941 bits per heavy atom. The molecule has 82 valence electrons. The van der Waals surface area contributed by atoms with E-state index in [1.54, 1.807) is 0 Å². The highest BCUT2D eigenvalue weighted by Crippen LogP contribution is 2.21. The number of carbonyl (C=O) groups is 1. The maximum atomic E-state index is 10.7. The molecule has 0 radical (unpaired) electrons. The molecular formula is C15H11NO. The summed E-state index contributed by atoms with van der Waals surface area (Å²) in [5.74, 6) is 0. The van der Waals surface area contributed by atoms with E-state index in [2.05, 4.69) is 16.7 Å². The fourth-order valence-corrected chi connectivity index (χ4v) is 2.05. The van der Waals surface area contributed by atoms with E-state index in [-0.39, 0.29) is 0 Å². The molecule has 2 nitrogen and oxygen atoms in total. The topological polar surface area (TPSA) is 22.0 Å². The summed E-state index contributed by atoms with van der Waals surface area (Å²) in [6.07, 6.45) is 2.90. The van der Waals surface area contributed by atoms with E-state index < -0.39 is 0 Å². The molecule has 1 heterocycles. The molecule has 3 rings (SSSR count). The first-order valence-electron chi connectivity index (χ1n) is 5.50. The highest BCUT2D eigenvalue weighted by Gasteiger charge is 2.03. The van der Waals surface area contributed by atoms with Crippen LogP contribution in [0.4, 0.5) is 0 Å². The van der Waals surface area contributed by atoms with E-state index in [0.29, 0.717) is 5.56 Å². The lowest BCUT2D eigenvalue weighted by molar-refractivity contribution is 0.112. The zero-order chi connectivity index (χ0) is 11.7. The molecule has 0 atom stereocenters. The summed E-state index contributed by atoms with van der Waals surface area (Å²) in [5, 5.41) is 1.08. The molecule has 0 aliphatic rings. The van der Waals surface area contributed by atoms with Crippen molar-refractivity contribution in [1.82, 2.24) is 4.57 Å². The minimum absolute atomic E-state index is 0.711. The molecule has 0 fully saturated rings. The largest absolute Gasteiger partial charge is 0.317 e. The predicted octanol–water partition coefficient (Wildman–Crippen LogP) is 3.44. The molecule has 17 heavy (non-hydrogen) atoms. The van der Waals surface area contributed by atoms with Gasteiger partial charge in [-0.3, -0.25) is 4.79 Å². The number of para-hydroxylation sites is 1. The second-order valence-corrected chi connectivity index (χ2v) is 3.96. The molecular weight excluding hydrogens is 210 g/mol. The number of rotatable bonds is 2. The lowest BCUT2D eigenvalue weighted by Crippen LogP contribution is -1.90. The first-order chi connectivity index (χ1) is 8.38. The molecule has 3 aromatic rings. The number of benzene rings is 2. The van der Waals surface area contributed by atoms with E-state index in [1.807, 2.05) is 48.7 Å². The van der Waals surface area contributed by atoms with Gasteiger partial charge in [0.05, 0.1) is 5.52 Å². The minimum Gasteiger partial charge on any atom is -0.317 e. The highest BCUT2D eigenvalue weighted by atomic mass is 16.1. The van der Waals surface area contributed by atoms with Gasteiger partial charge < -0.3 is 4.57 Å². The van der Waals surface area contributed by atoms with Crippen LogP contribution in [0.1, 0.15) is 10.4 Å². The number of hydrogen-bond acceptors (Lipinski definition) is 1. The minimum atomic E-state index is 0.711. The molecule has 2 heteroatoms. The molecule has 0 aliphatic carbocycles. The SMILES string of the molecule is O=Cc1ccc2c(ccn2-c2ccccc2)c1. The van der Waals surface area contributed by atoms with Crippen LogP contribution in [0.3, 0.4) is 0 Å². The van der Waals surface area contributed by atoms with E-state index in [4.69, 9.17) is 0 Å². The molecule has 0 unspecified atom stereocenters. The normalized spacial score (nSPS) is 10.6. The Hall–Kier alpha value is -2.35. The molecule has 0 bridgehead atoms. The average Bonchev–Trinajstić information content (AvgIpc) is 2.82. The highest BCUT2D eigenvalue weighted by molar-refractivity contribution is 5.88. The summed E-state index contributed by atoms with van der Waals surface area (Å²) in [6, 6.07) is 17.9. The van der Waals surface area contributed by atoms with Gasteiger partial charge in [0, 0.05) is 22.8 Å². The number of fused-ring (bicyclic) bond motifs is 1. The Morgan fingerprint density at radius 2 is 1.76 bits per heavy atom. The van der Waals surface area contributed by atoms with Crippen molar-refractivity contribution in [3.05, 3.63) is 66.4 Å². The van der Waals surface area contributed by atoms with Crippen molar-refractivity contribution in [1.29, 1.82) is 0 Å². The first-order valence-corrected chi connectivity index (χ1v) is 5.50. The fourth-order valence-electron chi connectivity index (χ4n) is 2.05. The quantitative estimate of drug-likeness (QED) is 0.607. The third-order valence-electron chi connectivity index (χ3n) is 2.88.